The van der Waals surface area contributed by atoms with Gasteiger partial charge in [-0.2, -0.15) is 10.2 Å². The molecule has 0 radical (unpaired) electrons. The largest absolute Gasteiger partial charge is 0.334 e. The summed E-state index contributed by atoms with van der Waals surface area (Å²) in [5.74, 6) is 0.398. The van der Waals surface area contributed by atoms with Crippen LogP contribution >= 0.6 is 0 Å². The molecule has 21 heavy (non-hydrogen) atoms. The van der Waals surface area contributed by atoms with E-state index in [9.17, 15) is 10.1 Å². The van der Waals surface area contributed by atoms with Crippen molar-refractivity contribution in [2.45, 2.75) is 40.2 Å². The molecule has 114 valence electrons. The molecular formula is C13H20N6O2. The van der Waals surface area contributed by atoms with E-state index in [0.717, 1.165) is 17.8 Å². The molecule has 2 aromatic rings. The average molecular weight is 292 g/mol. The molecule has 8 nitrogen and oxygen atoms in total. The number of aromatic nitrogens is 4. The lowest BCUT2D eigenvalue weighted by Gasteiger charge is -2.11. The van der Waals surface area contributed by atoms with E-state index in [-0.39, 0.29) is 11.7 Å². The number of nitrogens with zero attached hydrogens (tertiary/aromatic N) is 5. The topological polar surface area (TPSA) is 90.8 Å². The third-order valence-electron chi connectivity index (χ3n) is 3.22. The Morgan fingerprint density at radius 1 is 1.43 bits per heavy atom. The van der Waals surface area contributed by atoms with E-state index in [2.05, 4.69) is 15.5 Å². The van der Waals surface area contributed by atoms with Crippen molar-refractivity contribution < 1.29 is 4.92 Å². The van der Waals surface area contributed by atoms with Crippen LogP contribution in [0.3, 0.4) is 0 Å². The summed E-state index contributed by atoms with van der Waals surface area (Å²) in [5, 5.41) is 23.1. The van der Waals surface area contributed by atoms with Crippen LogP contribution in [0.4, 0.5) is 17.2 Å². The van der Waals surface area contributed by atoms with Crippen molar-refractivity contribution in [2.75, 3.05) is 5.32 Å². The molecule has 0 aliphatic carbocycles. The summed E-state index contributed by atoms with van der Waals surface area (Å²) in [6.07, 6.45) is 2.56. The maximum Gasteiger partial charge on any atom is 0.334 e. The summed E-state index contributed by atoms with van der Waals surface area (Å²) in [6, 6.07) is 0.0154. The summed E-state index contributed by atoms with van der Waals surface area (Å²) in [6.45, 7) is 7.51. The fourth-order valence-electron chi connectivity index (χ4n) is 2.28. The predicted octanol–water partition coefficient (Wildman–Crippen LogP) is 2.72. The lowest BCUT2D eigenvalue weighted by Crippen LogP contribution is -2.08. The van der Waals surface area contributed by atoms with Gasteiger partial charge in [0.2, 0.25) is 5.82 Å². The van der Waals surface area contributed by atoms with Crippen molar-refractivity contribution in [3.63, 3.8) is 0 Å². The van der Waals surface area contributed by atoms with E-state index in [1.54, 1.807) is 16.3 Å². The molecule has 0 aromatic carbocycles. The van der Waals surface area contributed by atoms with Gasteiger partial charge in [0.25, 0.3) is 0 Å². The van der Waals surface area contributed by atoms with Gasteiger partial charge in [-0.05, 0) is 27.2 Å². The zero-order chi connectivity index (χ0) is 15.7. The molecule has 0 unspecified atom stereocenters. The minimum atomic E-state index is -0.397. The highest BCUT2D eigenvalue weighted by Gasteiger charge is 2.27. The van der Waals surface area contributed by atoms with Crippen LogP contribution in [0.15, 0.2) is 6.20 Å². The first-order chi connectivity index (χ1) is 9.85. The lowest BCUT2D eigenvalue weighted by atomic mass is 10.3. The van der Waals surface area contributed by atoms with E-state index in [1.165, 1.54) is 0 Å². The van der Waals surface area contributed by atoms with E-state index in [4.69, 9.17) is 0 Å². The third-order valence-corrected chi connectivity index (χ3v) is 3.22. The maximum absolute atomic E-state index is 11.3. The number of hydrogen-bond donors (Lipinski definition) is 1. The molecular weight excluding hydrogens is 272 g/mol. The molecule has 0 amide bonds. The van der Waals surface area contributed by atoms with Crippen LogP contribution in [0.25, 0.3) is 0 Å². The highest BCUT2D eigenvalue weighted by Crippen LogP contribution is 2.33. The molecule has 2 heterocycles. The van der Waals surface area contributed by atoms with Crippen LogP contribution in [0, 0.1) is 17.0 Å². The quantitative estimate of drug-likeness (QED) is 0.676. The van der Waals surface area contributed by atoms with Crippen LogP contribution in [-0.2, 0) is 13.5 Å². The van der Waals surface area contributed by atoms with Crippen molar-refractivity contribution in [2.24, 2.45) is 7.05 Å². The SMILES string of the molecule is CCc1nn(C)cc1Nc1c([N+](=O)[O-])c(C)nn1C(C)C. The van der Waals surface area contributed by atoms with Gasteiger partial charge in [0.1, 0.15) is 5.69 Å². The Morgan fingerprint density at radius 3 is 2.62 bits per heavy atom. The molecule has 0 aliphatic heterocycles. The molecule has 1 N–H and O–H groups in total. The zero-order valence-electron chi connectivity index (χ0n) is 12.9. The molecule has 0 spiro atoms. The standard InChI is InChI=1S/C13H20N6O2/c1-6-10-11(7-17(5)16-10)14-13-12(19(20)21)9(4)15-18(13)8(2)3/h7-8,14H,6H2,1-5H3. The van der Waals surface area contributed by atoms with Crippen molar-refractivity contribution in [1.82, 2.24) is 19.6 Å². The Kier molecular flexibility index (Phi) is 3.97. The van der Waals surface area contributed by atoms with Gasteiger partial charge in [0, 0.05) is 19.3 Å². The molecule has 0 fully saturated rings. The third kappa shape index (κ3) is 2.74. The van der Waals surface area contributed by atoms with Crippen molar-refractivity contribution >= 4 is 17.2 Å². The molecule has 8 heteroatoms. The molecule has 0 saturated heterocycles. The normalized spacial score (nSPS) is 11.1. The van der Waals surface area contributed by atoms with E-state index in [0.29, 0.717) is 11.5 Å². The predicted molar refractivity (Wildman–Crippen MR) is 79.9 cm³/mol. The molecule has 2 rings (SSSR count). The number of rotatable bonds is 5. The minimum Gasteiger partial charge on any atom is -0.332 e. The second kappa shape index (κ2) is 5.55. The Bertz CT molecular complexity index is 670. The second-order valence-corrected chi connectivity index (χ2v) is 5.22. The van der Waals surface area contributed by atoms with E-state index >= 15 is 0 Å². The summed E-state index contributed by atoms with van der Waals surface area (Å²) >= 11 is 0. The maximum atomic E-state index is 11.3. The van der Waals surface area contributed by atoms with E-state index in [1.807, 2.05) is 34.0 Å². The van der Waals surface area contributed by atoms with Crippen LogP contribution in [0.1, 0.15) is 38.2 Å². The summed E-state index contributed by atoms with van der Waals surface area (Å²) < 4.78 is 3.33. The molecule has 0 aliphatic rings. The minimum absolute atomic E-state index is 0.00889. The van der Waals surface area contributed by atoms with Gasteiger partial charge in [-0.3, -0.25) is 14.8 Å². The number of hydrogen-bond acceptors (Lipinski definition) is 5. The van der Waals surface area contributed by atoms with Crippen molar-refractivity contribution in [3.8, 4) is 0 Å². The first-order valence-corrected chi connectivity index (χ1v) is 6.88. The Hall–Kier alpha value is -2.38. The first-order valence-electron chi connectivity index (χ1n) is 6.88. The van der Waals surface area contributed by atoms with Gasteiger partial charge >= 0.3 is 5.69 Å². The van der Waals surface area contributed by atoms with E-state index < -0.39 is 4.92 Å². The Morgan fingerprint density at radius 2 is 2.10 bits per heavy atom. The van der Waals surface area contributed by atoms with Gasteiger partial charge in [0.05, 0.1) is 16.3 Å². The van der Waals surface area contributed by atoms with Crippen LogP contribution in [0.5, 0.6) is 0 Å². The molecule has 0 atom stereocenters. The summed E-state index contributed by atoms with van der Waals surface area (Å²) in [4.78, 5) is 10.9. The summed E-state index contributed by atoms with van der Waals surface area (Å²) in [5.41, 5.74) is 2.04. The highest BCUT2D eigenvalue weighted by atomic mass is 16.6. The second-order valence-electron chi connectivity index (χ2n) is 5.22. The smallest absolute Gasteiger partial charge is 0.332 e. The number of aryl methyl sites for hydroxylation is 3. The highest BCUT2D eigenvalue weighted by molar-refractivity contribution is 5.68. The van der Waals surface area contributed by atoms with Gasteiger partial charge in [-0.25, -0.2) is 4.68 Å². The summed E-state index contributed by atoms with van der Waals surface area (Å²) in [7, 11) is 1.82. The first kappa shape index (κ1) is 15.0. The molecule has 0 bridgehead atoms. The molecule has 2 aromatic heterocycles. The Balaban J connectivity index is 2.54. The molecule has 0 saturated carbocycles. The monoisotopic (exact) mass is 292 g/mol. The number of nitro groups is 1. The number of anilines is 2. The van der Waals surface area contributed by atoms with Crippen LogP contribution in [0.2, 0.25) is 0 Å². The Labute approximate surface area is 122 Å². The van der Waals surface area contributed by atoms with Gasteiger partial charge < -0.3 is 5.32 Å². The van der Waals surface area contributed by atoms with Gasteiger partial charge in [0.15, 0.2) is 0 Å². The fourth-order valence-corrected chi connectivity index (χ4v) is 2.28. The zero-order valence-corrected chi connectivity index (χ0v) is 12.9. The van der Waals surface area contributed by atoms with Crippen LogP contribution < -0.4 is 5.32 Å². The van der Waals surface area contributed by atoms with Crippen molar-refractivity contribution in [1.29, 1.82) is 0 Å². The fraction of sp³-hybridized carbons (Fsp3) is 0.538. The van der Waals surface area contributed by atoms with Gasteiger partial charge in [-0.1, -0.05) is 6.92 Å². The van der Waals surface area contributed by atoms with Gasteiger partial charge in [-0.15, -0.1) is 0 Å². The average Bonchev–Trinajstić information content (AvgIpc) is 2.90. The van der Waals surface area contributed by atoms with Crippen molar-refractivity contribution in [3.05, 3.63) is 27.7 Å². The number of nitrogens with one attached hydrogen (secondary N) is 1. The van der Waals surface area contributed by atoms with Crippen LogP contribution in [-0.4, -0.2) is 24.5 Å². The lowest BCUT2D eigenvalue weighted by molar-refractivity contribution is -0.384.